The molecule has 0 bridgehead atoms. The van der Waals surface area contributed by atoms with E-state index in [1.165, 1.54) is 0 Å². The molecule has 0 radical (unpaired) electrons. The zero-order valence-electron chi connectivity index (χ0n) is 10.7. The molecular formula is C11H24N2O3S. The number of hydrogen-bond donors (Lipinski definition) is 2. The molecule has 0 amide bonds. The lowest BCUT2D eigenvalue weighted by Gasteiger charge is -2.23. The first-order valence-electron chi connectivity index (χ1n) is 6.23. The van der Waals surface area contributed by atoms with Gasteiger partial charge in [0.05, 0.1) is 5.75 Å². The zero-order chi connectivity index (χ0) is 12.7. The molecule has 2 unspecified atom stereocenters. The Hall–Kier alpha value is -0.170. The van der Waals surface area contributed by atoms with E-state index in [0.717, 1.165) is 25.9 Å². The molecule has 1 heterocycles. The van der Waals surface area contributed by atoms with Crippen molar-refractivity contribution in [3.8, 4) is 0 Å². The number of piperidine rings is 1. The minimum absolute atomic E-state index is 0.0588. The maximum atomic E-state index is 11.9. The van der Waals surface area contributed by atoms with Crippen molar-refractivity contribution in [3.05, 3.63) is 0 Å². The van der Waals surface area contributed by atoms with Gasteiger partial charge in [0.1, 0.15) is 0 Å². The van der Waals surface area contributed by atoms with Gasteiger partial charge in [0, 0.05) is 19.8 Å². The molecule has 17 heavy (non-hydrogen) atoms. The molecule has 2 atom stereocenters. The summed E-state index contributed by atoms with van der Waals surface area (Å²) in [5, 5.41) is 3.23. The lowest BCUT2D eigenvalue weighted by atomic mass is 10.0. The van der Waals surface area contributed by atoms with Crippen LogP contribution in [0.15, 0.2) is 0 Å². The van der Waals surface area contributed by atoms with Crippen molar-refractivity contribution in [2.45, 2.75) is 32.2 Å². The van der Waals surface area contributed by atoms with Crippen LogP contribution in [-0.4, -0.2) is 47.0 Å². The molecule has 0 aromatic rings. The molecule has 102 valence electrons. The fraction of sp³-hybridized carbons (Fsp3) is 1.00. The van der Waals surface area contributed by atoms with Gasteiger partial charge >= 0.3 is 0 Å². The Morgan fingerprint density at radius 2 is 2.29 bits per heavy atom. The summed E-state index contributed by atoms with van der Waals surface area (Å²) >= 11 is 0. The Morgan fingerprint density at radius 1 is 1.53 bits per heavy atom. The summed E-state index contributed by atoms with van der Waals surface area (Å²) in [5.41, 5.74) is 0. The van der Waals surface area contributed by atoms with Crippen LogP contribution in [0.25, 0.3) is 0 Å². The molecule has 1 aliphatic rings. The fourth-order valence-corrected chi connectivity index (χ4v) is 3.82. The van der Waals surface area contributed by atoms with Crippen LogP contribution in [0.5, 0.6) is 0 Å². The highest BCUT2D eigenvalue weighted by Gasteiger charge is 2.22. The second kappa shape index (κ2) is 7.31. The number of nitrogens with one attached hydrogen (secondary N) is 2. The molecule has 0 aromatic heterocycles. The number of methoxy groups -OCH3 is 1. The van der Waals surface area contributed by atoms with Gasteiger partial charge in [0.2, 0.25) is 10.0 Å². The standard InChI is InChI=1S/C11H24N2O3S/c1-10(5-7-16-2)13-17(14,15)9-11-4-3-6-12-8-11/h10-13H,3-9H2,1-2H3. The third-order valence-corrected chi connectivity index (χ3v) is 4.66. The van der Waals surface area contributed by atoms with Gasteiger partial charge in [-0.3, -0.25) is 0 Å². The van der Waals surface area contributed by atoms with Crippen molar-refractivity contribution < 1.29 is 13.2 Å². The summed E-state index contributed by atoms with van der Waals surface area (Å²) in [5.74, 6) is 0.480. The Kier molecular flexibility index (Phi) is 6.40. The summed E-state index contributed by atoms with van der Waals surface area (Å²) < 4.78 is 31.4. The van der Waals surface area contributed by atoms with E-state index >= 15 is 0 Å². The smallest absolute Gasteiger partial charge is 0.212 e. The number of rotatable bonds is 7. The van der Waals surface area contributed by atoms with E-state index in [-0.39, 0.29) is 17.7 Å². The Balaban J connectivity index is 2.33. The summed E-state index contributed by atoms with van der Waals surface area (Å²) in [6.07, 6.45) is 2.78. The summed E-state index contributed by atoms with van der Waals surface area (Å²) in [4.78, 5) is 0. The minimum Gasteiger partial charge on any atom is -0.385 e. The van der Waals surface area contributed by atoms with Crippen molar-refractivity contribution in [1.29, 1.82) is 0 Å². The van der Waals surface area contributed by atoms with E-state index < -0.39 is 10.0 Å². The SMILES string of the molecule is COCCC(C)NS(=O)(=O)CC1CCCNC1. The Morgan fingerprint density at radius 3 is 2.88 bits per heavy atom. The van der Waals surface area contributed by atoms with Crippen molar-refractivity contribution in [2.75, 3.05) is 32.6 Å². The van der Waals surface area contributed by atoms with E-state index in [4.69, 9.17) is 4.74 Å². The first-order valence-corrected chi connectivity index (χ1v) is 7.88. The molecule has 1 saturated heterocycles. The maximum Gasteiger partial charge on any atom is 0.212 e. The van der Waals surface area contributed by atoms with Gasteiger partial charge in [-0.05, 0) is 45.2 Å². The molecule has 0 aromatic carbocycles. The highest BCUT2D eigenvalue weighted by molar-refractivity contribution is 7.89. The van der Waals surface area contributed by atoms with E-state index in [9.17, 15) is 8.42 Å². The zero-order valence-corrected chi connectivity index (χ0v) is 11.6. The molecule has 0 spiro atoms. The second-order valence-electron chi connectivity index (χ2n) is 4.79. The molecule has 1 fully saturated rings. The molecular weight excluding hydrogens is 240 g/mol. The first kappa shape index (κ1) is 14.9. The molecule has 0 aliphatic carbocycles. The second-order valence-corrected chi connectivity index (χ2v) is 6.59. The Bertz CT molecular complexity index is 300. The van der Waals surface area contributed by atoms with E-state index in [0.29, 0.717) is 13.0 Å². The molecule has 1 aliphatic heterocycles. The fourth-order valence-electron chi connectivity index (χ4n) is 2.08. The molecule has 0 saturated carbocycles. The van der Waals surface area contributed by atoms with Crippen LogP contribution >= 0.6 is 0 Å². The summed E-state index contributed by atoms with van der Waals surface area (Å²) in [6.45, 7) is 4.27. The Labute approximate surface area is 104 Å². The molecule has 1 rings (SSSR count). The lowest BCUT2D eigenvalue weighted by molar-refractivity contribution is 0.188. The molecule has 6 heteroatoms. The monoisotopic (exact) mass is 264 g/mol. The highest BCUT2D eigenvalue weighted by atomic mass is 32.2. The van der Waals surface area contributed by atoms with Crippen molar-refractivity contribution in [3.63, 3.8) is 0 Å². The van der Waals surface area contributed by atoms with Gasteiger partial charge in [0.25, 0.3) is 0 Å². The van der Waals surface area contributed by atoms with Crippen molar-refractivity contribution in [2.24, 2.45) is 5.92 Å². The van der Waals surface area contributed by atoms with Crippen LogP contribution < -0.4 is 10.0 Å². The van der Waals surface area contributed by atoms with E-state index in [1.807, 2.05) is 6.92 Å². The van der Waals surface area contributed by atoms with E-state index in [1.54, 1.807) is 7.11 Å². The van der Waals surface area contributed by atoms with Crippen LogP contribution in [0.2, 0.25) is 0 Å². The maximum absolute atomic E-state index is 11.9. The highest BCUT2D eigenvalue weighted by Crippen LogP contribution is 2.12. The van der Waals surface area contributed by atoms with E-state index in [2.05, 4.69) is 10.0 Å². The van der Waals surface area contributed by atoms with Gasteiger partial charge in [-0.1, -0.05) is 0 Å². The third kappa shape index (κ3) is 6.35. The quantitative estimate of drug-likeness (QED) is 0.695. The first-order chi connectivity index (χ1) is 8.03. The molecule has 2 N–H and O–H groups in total. The van der Waals surface area contributed by atoms with Crippen LogP contribution in [0.1, 0.15) is 26.2 Å². The van der Waals surface area contributed by atoms with Crippen molar-refractivity contribution >= 4 is 10.0 Å². The minimum atomic E-state index is -3.16. The van der Waals surface area contributed by atoms with Gasteiger partial charge in [-0.15, -0.1) is 0 Å². The number of ether oxygens (including phenoxy) is 1. The summed E-state index contributed by atoms with van der Waals surface area (Å²) in [6, 6.07) is -0.0588. The largest absolute Gasteiger partial charge is 0.385 e. The topological polar surface area (TPSA) is 67.4 Å². The van der Waals surface area contributed by atoms with Crippen LogP contribution in [0, 0.1) is 5.92 Å². The van der Waals surface area contributed by atoms with Crippen LogP contribution in [0.4, 0.5) is 0 Å². The number of sulfonamides is 1. The average Bonchev–Trinajstić information content (AvgIpc) is 2.26. The summed E-state index contributed by atoms with van der Waals surface area (Å²) in [7, 11) is -1.54. The average molecular weight is 264 g/mol. The number of hydrogen-bond acceptors (Lipinski definition) is 4. The lowest BCUT2D eigenvalue weighted by Crippen LogP contribution is -2.40. The third-order valence-electron chi connectivity index (χ3n) is 2.99. The predicted molar refractivity (Wildman–Crippen MR) is 68.5 cm³/mol. The van der Waals surface area contributed by atoms with Gasteiger partial charge in [0.15, 0.2) is 0 Å². The normalized spacial score (nSPS) is 23.5. The van der Waals surface area contributed by atoms with Crippen LogP contribution in [-0.2, 0) is 14.8 Å². The van der Waals surface area contributed by atoms with Gasteiger partial charge < -0.3 is 10.1 Å². The van der Waals surface area contributed by atoms with Crippen molar-refractivity contribution in [1.82, 2.24) is 10.0 Å². The molecule has 5 nitrogen and oxygen atoms in total. The van der Waals surface area contributed by atoms with Crippen LogP contribution in [0.3, 0.4) is 0 Å². The van der Waals surface area contributed by atoms with Gasteiger partial charge in [-0.25, -0.2) is 13.1 Å². The van der Waals surface area contributed by atoms with Gasteiger partial charge in [-0.2, -0.15) is 0 Å². The predicted octanol–water partition coefficient (Wildman–Crippen LogP) is 0.330.